The summed E-state index contributed by atoms with van der Waals surface area (Å²) in [6.45, 7) is 6.04. The number of fused-ring (bicyclic) bond motifs is 3. The summed E-state index contributed by atoms with van der Waals surface area (Å²) in [5, 5.41) is 0. The third-order valence-electron chi connectivity index (χ3n) is 5.72. The first-order valence-corrected chi connectivity index (χ1v) is 8.20. The SMILES string of the molecule is CCC(C)N1C(=O)C2C[C@@H]3CCCC[C@@H]3N2C(=O)C1C. The Kier molecular flexibility index (Phi) is 3.51. The van der Waals surface area contributed by atoms with Gasteiger partial charge in [0.1, 0.15) is 12.1 Å². The minimum atomic E-state index is -0.283. The van der Waals surface area contributed by atoms with Crippen LogP contribution in [0.3, 0.4) is 0 Å². The second kappa shape index (κ2) is 5.05. The highest BCUT2D eigenvalue weighted by Gasteiger charge is 2.54. The van der Waals surface area contributed by atoms with Crippen LogP contribution in [0.15, 0.2) is 0 Å². The molecule has 0 spiro atoms. The fourth-order valence-electron chi connectivity index (χ4n) is 4.49. The van der Waals surface area contributed by atoms with E-state index in [2.05, 4.69) is 13.8 Å². The number of carbonyl (C=O) groups excluding carboxylic acids is 2. The molecule has 112 valence electrons. The van der Waals surface area contributed by atoms with Crippen LogP contribution in [0.2, 0.25) is 0 Å². The number of nitrogens with zero attached hydrogens (tertiary/aromatic N) is 2. The summed E-state index contributed by atoms with van der Waals surface area (Å²) in [6, 6.07) is 0.0492. The zero-order chi connectivity index (χ0) is 14.4. The van der Waals surface area contributed by atoms with Gasteiger partial charge in [-0.1, -0.05) is 19.8 Å². The Morgan fingerprint density at radius 1 is 1.20 bits per heavy atom. The van der Waals surface area contributed by atoms with E-state index in [9.17, 15) is 9.59 Å². The standard InChI is InChI=1S/C16H26N2O2/c1-4-10(2)17-11(3)15(19)18-13-8-6-5-7-12(13)9-14(18)16(17)20/h10-14H,4-9H2,1-3H3/t10?,11?,12-,13-,14?/m0/s1. The largest absolute Gasteiger partial charge is 0.326 e. The van der Waals surface area contributed by atoms with Crippen LogP contribution < -0.4 is 0 Å². The van der Waals surface area contributed by atoms with E-state index in [1.54, 1.807) is 0 Å². The van der Waals surface area contributed by atoms with Gasteiger partial charge in [0.05, 0.1) is 0 Å². The lowest BCUT2D eigenvalue weighted by Crippen LogP contribution is -2.65. The number of rotatable bonds is 2. The topological polar surface area (TPSA) is 40.6 Å². The van der Waals surface area contributed by atoms with E-state index in [1.807, 2.05) is 16.7 Å². The van der Waals surface area contributed by atoms with E-state index in [4.69, 9.17) is 0 Å². The molecule has 4 heteroatoms. The molecule has 3 unspecified atom stereocenters. The highest BCUT2D eigenvalue weighted by molar-refractivity contribution is 5.97. The maximum atomic E-state index is 12.8. The summed E-state index contributed by atoms with van der Waals surface area (Å²) in [6.07, 6.45) is 6.55. The first-order valence-electron chi connectivity index (χ1n) is 8.20. The van der Waals surface area contributed by atoms with Crippen molar-refractivity contribution in [3.8, 4) is 0 Å². The average molecular weight is 278 g/mol. The molecular formula is C16H26N2O2. The second-order valence-electron chi connectivity index (χ2n) is 6.79. The van der Waals surface area contributed by atoms with E-state index in [1.165, 1.54) is 19.3 Å². The van der Waals surface area contributed by atoms with Crippen LogP contribution in [0.5, 0.6) is 0 Å². The van der Waals surface area contributed by atoms with Crippen molar-refractivity contribution in [3.05, 3.63) is 0 Å². The first kappa shape index (κ1) is 13.9. The normalized spacial score (nSPS) is 38.8. The van der Waals surface area contributed by atoms with Crippen LogP contribution in [0.25, 0.3) is 0 Å². The highest BCUT2D eigenvalue weighted by Crippen LogP contribution is 2.42. The van der Waals surface area contributed by atoms with Crippen molar-refractivity contribution in [2.24, 2.45) is 5.92 Å². The molecule has 5 atom stereocenters. The van der Waals surface area contributed by atoms with E-state index < -0.39 is 0 Å². The van der Waals surface area contributed by atoms with Crippen molar-refractivity contribution < 1.29 is 9.59 Å². The van der Waals surface area contributed by atoms with Crippen LogP contribution in [0.1, 0.15) is 59.3 Å². The van der Waals surface area contributed by atoms with Gasteiger partial charge in [0.25, 0.3) is 0 Å². The number of carbonyl (C=O) groups is 2. The molecule has 3 rings (SSSR count). The zero-order valence-corrected chi connectivity index (χ0v) is 12.8. The molecule has 2 aliphatic heterocycles. The van der Waals surface area contributed by atoms with Crippen molar-refractivity contribution in [3.63, 3.8) is 0 Å². The van der Waals surface area contributed by atoms with Crippen molar-refractivity contribution >= 4 is 11.8 Å². The van der Waals surface area contributed by atoms with E-state index >= 15 is 0 Å². The Hall–Kier alpha value is -1.06. The molecule has 0 aromatic heterocycles. The summed E-state index contributed by atoms with van der Waals surface area (Å²) in [5.74, 6) is 0.941. The summed E-state index contributed by atoms with van der Waals surface area (Å²) in [5.41, 5.74) is 0. The summed E-state index contributed by atoms with van der Waals surface area (Å²) < 4.78 is 0. The van der Waals surface area contributed by atoms with E-state index in [0.29, 0.717) is 12.0 Å². The first-order chi connectivity index (χ1) is 9.56. The molecule has 0 radical (unpaired) electrons. The molecule has 1 saturated carbocycles. The number of hydrogen-bond donors (Lipinski definition) is 0. The van der Waals surface area contributed by atoms with Crippen molar-refractivity contribution in [2.75, 3.05) is 0 Å². The fraction of sp³-hybridized carbons (Fsp3) is 0.875. The van der Waals surface area contributed by atoms with Crippen LogP contribution in [0, 0.1) is 5.92 Å². The molecule has 2 heterocycles. The molecular weight excluding hydrogens is 252 g/mol. The minimum absolute atomic E-state index is 0.159. The third kappa shape index (κ3) is 1.87. The maximum absolute atomic E-state index is 12.8. The Bertz CT molecular complexity index is 423. The number of hydrogen-bond acceptors (Lipinski definition) is 2. The Labute approximate surface area is 121 Å². The molecule has 20 heavy (non-hydrogen) atoms. The predicted molar refractivity (Wildman–Crippen MR) is 77.1 cm³/mol. The van der Waals surface area contributed by atoms with Crippen molar-refractivity contribution in [1.82, 2.24) is 9.80 Å². The van der Waals surface area contributed by atoms with Crippen LogP contribution in [-0.4, -0.2) is 45.8 Å². The molecule has 0 aromatic rings. The van der Waals surface area contributed by atoms with Gasteiger partial charge in [-0.15, -0.1) is 0 Å². The predicted octanol–water partition coefficient (Wildman–Crippen LogP) is 2.18. The van der Waals surface area contributed by atoms with Gasteiger partial charge in [-0.05, 0) is 45.4 Å². The quantitative estimate of drug-likeness (QED) is 0.777. The van der Waals surface area contributed by atoms with Crippen molar-refractivity contribution in [1.29, 1.82) is 0 Å². The summed E-state index contributed by atoms with van der Waals surface area (Å²) in [7, 11) is 0. The Morgan fingerprint density at radius 2 is 1.90 bits per heavy atom. The fourth-order valence-corrected chi connectivity index (χ4v) is 4.49. The van der Waals surface area contributed by atoms with Gasteiger partial charge in [0, 0.05) is 12.1 Å². The molecule has 0 aromatic carbocycles. The monoisotopic (exact) mass is 278 g/mol. The molecule has 0 bridgehead atoms. The zero-order valence-electron chi connectivity index (χ0n) is 12.8. The van der Waals surface area contributed by atoms with Gasteiger partial charge >= 0.3 is 0 Å². The van der Waals surface area contributed by atoms with E-state index in [-0.39, 0.29) is 29.9 Å². The minimum Gasteiger partial charge on any atom is -0.326 e. The second-order valence-corrected chi connectivity index (χ2v) is 6.79. The molecule has 3 fully saturated rings. The molecule has 0 N–H and O–H groups in total. The van der Waals surface area contributed by atoms with Gasteiger partial charge in [-0.3, -0.25) is 9.59 Å². The van der Waals surface area contributed by atoms with Gasteiger partial charge in [0.15, 0.2) is 0 Å². The van der Waals surface area contributed by atoms with Gasteiger partial charge < -0.3 is 9.80 Å². The number of piperazine rings is 1. The lowest BCUT2D eigenvalue weighted by atomic mass is 9.85. The highest BCUT2D eigenvalue weighted by atomic mass is 16.2. The van der Waals surface area contributed by atoms with Gasteiger partial charge in [-0.25, -0.2) is 0 Å². The van der Waals surface area contributed by atoms with Crippen LogP contribution in [0.4, 0.5) is 0 Å². The Balaban J connectivity index is 1.90. The Morgan fingerprint density at radius 3 is 2.60 bits per heavy atom. The molecule has 3 aliphatic rings. The molecule has 2 saturated heterocycles. The lowest BCUT2D eigenvalue weighted by molar-refractivity contribution is -0.163. The maximum Gasteiger partial charge on any atom is 0.246 e. The van der Waals surface area contributed by atoms with E-state index in [0.717, 1.165) is 19.3 Å². The van der Waals surface area contributed by atoms with Crippen molar-refractivity contribution in [2.45, 2.75) is 83.5 Å². The van der Waals surface area contributed by atoms with Gasteiger partial charge in [0.2, 0.25) is 11.8 Å². The summed E-state index contributed by atoms with van der Waals surface area (Å²) in [4.78, 5) is 29.4. The molecule has 2 amide bonds. The van der Waals surface area contributed by atoms with Crippen LogP contribution in [-0.2, 0) is 9.59 Å². The third-order valence-corrected chi connectivity index (χ3v) is 5.72. The molecule has 4 nitrogen and oxygen atoms in total. The number of amides is 2. The summed E-state index contributed by atoms with van der Waals surface area (Å²) >= 11 is 0. The lowest BCUT2D eigenvalue weighted by Gasteiger charge is -2.45. The smallest absolute Gasteiger partial charge is 0.246 e. The van der Waals surface area contributed by atoms with Crippen LogP contribution >= 0.6 is 0 Å². The average Bonchev–Trinajstić information content (AvgIpc) is 2.84. The van der Waals surface area contributed by atoms with Gasteiger partial charge in [-0.2, -0.15) is 0 Å². The molecule has 1 aliphatic carbocycles.